The predicted octanol–water partition coefficient (Wildman–Crippen LogP) is 4.61. The zero-order valence-corrected chi connectivity index (χ0v) is 17.0. The van der Waals surface area contributed by atoms with Crippen LogP contribution in [0.25, 0.3) is 0 Å². The first-order valence-electron chi connectivity index (χ1n) is 9.14. The molecule has 0 atom stereocenters. The molecule has 0 saturated carbocycles. The molecule has 1 amide bonds. The van der Waals surface area contributed by atoms with E-state index in [2.05, 4.69) is 5.32 Å². The molecule has 0 bridgehead atoms. The number of anilines is 1. The summed E-state index contributed by atoms with van der Waals surface area (Å²) in [6.07, 6.45) is 0.431. The number of nitrogens with one attached hydrogen (secondary N) is 1. The summed E-state index contributed by atoms with van der Waals surface area (Å²) in [4.78, 5) is 35.1. The number of benzene rings is 2. The molecule has 5 nitrogen and oxygen atoms in total. The predicted molar refractivity (Wildman–Crippen MR) is 113 cm³/mol. The maximum Gasteiger partial charge on any atom is 0.304 e. The van der Waals surface area contributed by atoms with E-state index in [1.165, 1.54) is 11.8 Å². The van der Waals surface area contributed by atoms with Gasteiger partial charge in [-0.25, -0.2) is 0 Å². The number of amides is 1. The molecule has 0 aliphatic carbocycles. The van der Waals surface area contributed by atoms with Crippen molar-refractivity contribution in [2.24, 2.45) is 0 Å². The quantitative estimate of drug-likeness (QED) is 0.450. The van der Waals surface area contributed by atoms with Crippen LogP contribution in [0.3, 0.4) is 0 Å². The van der Waals surface area contributed by atoms with Gasteiger partial charge >= 0.3 is 5.97 Å². The number of aryl methyl sites for hydroxylation is 2. The highest BCUT2D eigenvalue weighted by molar-refractivity contribution is 7.98. The molecule has 28 heavy (non-hydrogen) atoms. The van der Waals surface area contributed by atoms with Gasteiger partial charge in [0.2, 0.25) is 5.91 Å². The van der Waals surface area contributed by atoms with Crippen molar-refractivity contribution in [1.82, 2.24) is 0 Å². The van der Waals surface area contributed by atoms with Gasteiger partial charge in [-0.3, -0.25) is 14.4 Å². The van der Waals surface area contributed by atoms with Crippen molar-refractivity contribution in [3.05, 3.63) is 64.7 Å². The summed E-state index contributed by atoms with van der Waals surface area (Å²) in [5.41, 5.74) is 4.31. The third-order valence-electron chi connectivity index (χ3n) is 4.21. The van der Waals surface area contributed by atoms with Crippen molar-refractivity contribution in [2.45, 2.75) is 38.9 Å². The van der Waals surface area contributed by atoms with Crippen LogP contribution in [0.4, 0.5) is 5.69 Å². The Bertz CT molecular complexity index is 863. The van der Waals surface area contributed by atoms with Crippen LogP contribution < -0.4 is 5.32 Å². The number of carboxylic acid groups (broad SMARTS) is 1. The molecule has 2 N–H and O–H groups in total. The summed E-state index contributed by atoms with van der Waals surface area (Å²) in [6, 6.07) is 13.2. The van der Waals surface area contributed by atoms with Gasteiger partial charge in [-0.2, -0.15) is 11.8 Å². The summed E-state index contributed by atoms with van der Waals surface area (Å²) >= 11 is 1.54. The summed E-state index contributed by atoms with van der Waals surface area (Å²) < 4.78 is 0. The van der Waals surface area contributed by atoms with Crippen molar-refractivity contribution < 1.29 is 19.5 Å². The lowest BCUT2D eigenvalue weighted by Gasteiger charge is -2.09. The summed E-state index contributed by atoms with van der Waals surface area (Å²) in [5, 5.41) is 11.5. The maximum absolute atomic E-state index is 12.4. The van der Waals surface area contributed by atoms with Crippen molar-refractivity contribution in [2.75, 3.05) is 11.1 Å². The molecule has 2 rings (SSSR count). The highest BCUT2D eigenvalue weighted by Gasteiger charge is 2.12. The molecule has 0 unspecified atom stereocenters. The normalized spacial score (nSPS) is 10.5. The fourth-order valence-electron chi connectivity index (χ4n) is 2.71. The second-order valence-electron chi connectivity index (χ2n) is 6.69. The van der Waals surface area contributed by atoms with Crippen LogP contribution in [0.5, 0.6) is 0 Å². The molecule has 6 heteroatoms. The SMILES string of the molecule is Cc1ccc(C)c(C(=O)CCC(=O)Nc2cccc(CSCCC(=O)O)c2)c1. The van der Waals surface area contributed by atoms with Crippen molar-refractivity contribution in [3.63, 3.8) is 0 Å². The van der Waals surface area contributed by atoms with Gasteiger partial charge in [0, 0.05) is 35.6 Å². The smallest absolute Gasteiger partial charge is 0.304 e. The number of Topliss-reactive ketones (excluding diaryl/α,β-unsaturated/α-hetero) is 1. The number of ketones is 1. The molecule has 0 radical (unpaired) electrons. The molecular weight excluding hydrogens is 374 g/mol. The van der Waals surface area contributed by atoms with E-state index in [0.717, 1.165) is 16.7 Å². The number of hydrogen-bond acceptors (Lipinski definition) is 4. The molecule has 0 fully saturated rings. The van der Waals surface area contributed by atoms with Gasteiger partial charge in [0.1, 0.15) is 0 Å². The van der Waals surface area contributed by atoms with E-state index in [1.54, 1.807) is 6.07 Å². The van der Waals surface area contributed by atoms with Crippen LogP contribution in [0, 0.1) is 13.8 Å². The molecular formula is C22H25NO4S. The number of carbonyl (C=O) groups excluding carboxylic acids is 2. The van der Waals surface area contributed by atoms with Crippen LogP contribution >= 0.6 is 11.8 Å². The standard InChI is InChI=1S/C22H25NO4S/c1-15-6-7-16(2)19(12-15)20(24)8-9-21(25)23-18-5-3-4-17(13-18)14-28-11-10-22(26)27/h3-7,12-13H,8-11,14H2,1-2H3,(H,23,25)(H,26,27). The van der Waals surface area contributed by atoms with Gasteiger partial charge in [0.15, 0.2) is 5.78 Å². The topological polar surface area (TPSA) is 83.5 Å². The van der Waals surface area contributed by atoms with Crippen LogP contribution in [-0.2, 0) is 15.3 Å². The Kier molecular flexibility index (Phi) is 8.26. The Hall–Kier alpha value is -2.60. The number of aliphatic carboxylic acids is 1. The molecule has 0 heterocycles. The largest absolute Gasteiger partial charge is 0.481 e. The zero-order chi connectivity index (χ0) is 20.5. The zero-order valence-electron chi connectivity index (χ0n) is 16.2. The average Bonchev–Trinajstić information content (AvgIpc) is 2.65. The molecule has 0 spiro atoms. The lowest BCUT2D eigenvalue weighted by atomic mass is 9.99. The number of rotatable bonds is 10. The van der Waals surface area contributed by atoms with Crippen LogP contribution in [0.15, 0.2) is 42.5 Å². The van der Waals surface area contributed by atoms with E-state index in [1.807, 2.05) is 50.2 Å². The van der Waals surface area contributed by atoms with Gasteiger partial charge in [-0.05, 0) is 43.2 Å². The van der Waals surface area contributed by atoms with E-state index in [4.69, 9.17) is 5.11 Å². The third-order valence-corrected chi connectivity index (χ3v) is 5.24. The first-order chi connectivity index (χ1) is 13.3. The minimum Gasteiger partial charge on any atom is -0.481 e. The summed E-state index contributed by atoms with van der Waals surface area (Å²) in [6.45, 7) is 3.84. The highest BCUT2D eigenvalue weighted by atomic mass is 32.2. The van der Waals surface area contributed by atoms with Crippen LogP contribution in [0.1, 0.15) is 46.3 Å². The lowest BCUT2D eigenvalue weighted by molar-refractivity contribution is -0.136. The molecule has 2 aromatic carbocycles. The van der Waals surface area contributed by atoms with E-state index >= 15 is 0 Å². The molecule has 0 aliphatic heterocycles. The lowest BCUT2D eigenvalue weighted by Crippen LogP contribution is -2.14. The molecule has 2 aromatic rings. The van der Waals surface area contributed by atoms with Crippen molar-refractivity contribution in [1.29, 1.82) is 0 Å². The average molecular weight is 400 g/mol. The minimum atomic E-state index is -0.802. The Morgan fingerprint density at radius 2 is 1.79 bits per heavy atom. The van der Waals surface area contributed by atoms with E-state index in [0.29, 0.717) is 22.8 Å². The first-order valence-corrected chi connectivity index (χ1v) is 10.3. The van der Waals surface area contributed by atoms with E-state index < -0.39 is 5.97 Å². The summed E-state index contributed by atoms with van der Waals surface area (Å²) in [7, 11) is 0. The third kappa shape index (κ3) is 7.19. The summed E-state index contributed by atoms with van der Waals surface area (Å²) in [5.74, 6) is 0.201. The van der Waals surface area contributed by atoms with E-state index in [9.17, 15) is 14.4 Å². The monoisotopic (exact) mass is 399 g/mol. The molecule has 0 aromatic heterocycles. The van der Waals surface area contributed by atoms with Crippen molar-refractivity contribution in [3.8, 4) is 0 Å². The van der Waals surface area contributed by atoms with Gasteiger partial charge in [0.25, 0.3) is 0 Å². The Morgan fingerprint density at radius 1 is 1.00 bits per heavy atom. The molecule has 0 saturated heterocycles. The molecule has 0 aliphatic rings. The van der Waals surface area contributed by atoms with Gasteiger partial charge in [-0.1, -0.05) is 29.8 Å². The van der Waals surface area contributed by atoms with Crippen LogP contribution in [-0.4, -0.2) is 28.5 Å². The Labute approximate surface area is 169 Å². The van der Waals surface area contributed by atoms with E-state index in [-0.39, 0.29) is 31.0 Å². The number of carboxylic acids is 1. The van der Waals surface area contributed by atoms with Gasteiger partial charge in [0.05, 0.1) is 6.42 Å². The fourth-order valence-corrected chi connectivity index (χ4v) is 3.59. The van der Waals surface area contributed by atoms with Gasteiger partial charge in [-0.15, -0.1) is 0 Å². The van der Waals surface area contributed by atoms with Crippen molar-refractivity contribution >= 4 is 35.1 Å². The maximum atomic E-state index is 12.4. The second kappa shape index (κ2) is 10.7. The molecule has 148 valence electrons. The number of carbonyl (C=O) groups is 3. The Balaban J connectivity index is 1.84. The van der Waals surface area contributed by atoms with Gasteiger partial charge < -0.3 is 10.4 Å². The fraction of sp³-hybridized carbons (Fsp3) is 0.318. The second-order valence-corrected chi connectivity index (χ2v) is 7.79. The Morgan fingerprint density at radius 3 is 2.54 bits per heavy atom. The van der Waals surface area contributed by atoms with Crippen LogP contribution in [0.2, 0.25) is 0 Å². The highest BCUT2D eigenvalue weighted by Crippen LogP contribution is 2.18. The number of thioether (sulfide) groups is 1. The first kappa shape index (κ1) is 21.7. The number of hydrogen-bond donors (Lipinski definition) is 2. The minimum absolute atomic E-state index is 0.0278.